The number of fused-ring (bicyclic) bond motifs is 1. The molecule has 18 heavy (non-hydrogen) atoms. The smallest absolute Gasteiger partial charge is 0.138 e. The normalized spacial score (nSPS) is 13.6. The van der Waals surface area contributed by atoms with E-state index in [2.05, 4.69) is 46.5 Å². The van der Waals surface area contributed by atoms with E-state index in [-0.39, 0.29) is 0 Å². The Balaban J connectivity index is 1.70. The maximum absolute atomic E-state index is 4.60. The van der Waals surface area contributed by atoms with Crippen molar-refractivity contribution in [3.8, 4) is 0 Å². The summed E-state index contributed by atoms with van der Waals surface area (Å²) in [6, 6.07) is 8.53. The molecule has 0 amide bonds. The van der Waals surface area contributed by atoms with E-state index in [9.17, 15) is 0 Å². The van der Waals surface area contributed by atoms with Crippen LogP contribution in [0.15, 0.2) is 35.4 Å². The van der Waals surface area contributed by atoms with Crippen LogP contribution in [0.25, 0.3) is 0 Å². The van der Waals surface area contributed by atoms with Crippen LogP contribution in [0.5, 0.6) is 0 Å². The maximum atomic E-state index is 4.60. The van der Waals surface area contributed by atoms with Crippen LogP contribution in [-0.2, 0) is 18.8 Å². The Morgan fingerprint density at radius 1 is 1.33 bits per heavy atom. The lowest BCUT2D eigenvalue weighted by Gasteiger charge is -2.03. The van der Waals surface area contributed by atoms with Gasteiger partial charge in [-0.1, -0.05) is 17.7 Å². The second-order valence-electron chi connectivity index (χ2n) is 4.47. The van der Waals surface area contributed by atoms with Gasteiger partial charge in [0, 0.05) is 29.7 Å². The van der Waals surface area contributed by atoms with E-state index < -0.39 is 0 Å². The summed E-state index contributed by atoms with van der Waals surface area (Å²) >= 11 is 1.79. The van der Waals surface area contributed by atoms with Crippen molar-refractivity contribution < 1.29 is 0 Å². The van der Waals surface area contributed by atoms with Crippen molar-refractivity contribution in [2.24, 2.45) is 0 Å². The maximum Gasteiger partial charge on any atom is 0.138 e. The SMILES string of the molecule is Cc1cccc(SCc2ncc3c(n2)CNC3)c1. The topological polar surface area (TPSA) is 37.8 Å². The van der Waals surface area contributed by atoms with Crippen LogP contribution in [-0.4, -0.2) is 9.97 Å². The first kappa shape index (κ1) is 11.7. The first-order chi connectivity index (χ1) is 8.81. The third kappa shape index (κ3) is 2.54. The van der Waals surface area contributed by atoms with Crippen molar-refractivity contribution in [2.75, 3.05) is 0 Å². The minimum absolute atomic E-state index is 0.830. The van der Waals surface area contributed by atoms with Gasteiger partial charge in [0.05, 0.1) is 11.4 Å². The molecule has 1 aliphatic rings. The summed E-state index contributed by atoms with van der Waals surface area (Å²) in [6.45, 7) is 3.89. The lowest BCUT2D eigenvalue weighted by atomic mass is 10.2. The average molecular weight is 257 g/mol. The monoisotopic (exact) mass is 257 g/mol. The van der Waals surface area contributed by atoms with Crippen molar-refractivity contribution in [3.63, 3.8) is 0 Å². The molecule has 0 bridgehead atoms. The number of benzene rings is 1. The molecule has 0 saturated heterocycles. The molecular weight excluding hydrogens is 242 g/mol. The van der Waals surface area contributed by atoms with Gasteiger partial charge in [-0.15, -0.1) is 11.8 Å². The molecule has 0 unspecified atom stereocenters. The standard InChI is InChI=1S/C14H15N3S/c1-10-3-2-4-12(5-10)18-9-14-16-7-11-6-15-8-13(11)17-14/h2-5,7,15H,6,8-9H2,1H3. The molecule has 1 aromatic heterocycles. The zero-order valence-electron chi connectivity index (χ0n) is 10.3. The van der Waals surface area contributed by atoms with Crippen LogP contribution in [0.1, 0.15) is 22.6 Å². The van der Waals surface area contributed by atoms with Gasteiger partial charge in [0.2, 0.25) is 0 Å². The van der Waals surface area contributed by atoms with Gasteiger partial charge < -0.3 is 5.32 Å². The molecule has 0 radical (unpaired) electrons. The van der Waals surface area contributed by atoms with Gasteiger partial charge in [0.15, 0.2) is 0 Å². The highest BCUT2D eigenvalue weighted by molar-refractivity contribution is 7.98. The molecule has 0 spiro atoms. The number of rotatable bonds is 3. The van der Waals surface area contributed by atoms with Gasteiger partial charge in [-0.25, -0.2) is 9.97 Å². The van der Waals surface area contributed by atoms with Crippen molar-refractivity contribution in [2.45, 2.75) is 30.7 Å². The van der Waals surface area contributed by atoms with Gasteiger partial charge in [0.25, 0.3) is 0 Å². The van der Waals surface area contributed by atoms with Gasteiger partial charge in [0.1, 0.15) is 5.82 Å². The third-order valence-electron chi connectivity index (χ3n) is 2.97. The molecule has 3 rings (SSSR count). The molecule has 2 aromatic rings. The van der Waals surface area contributed by atoms with Crippen LogP contribution in [0, 0.1) is 6.92 Å². The lowest BCUT2D eigenvalue weighted by molar-refractivity contribution is 0.756. The summed E-state index contributed by atoms with van der Waals surface area (Å²) in [4.78, 5) is 10.3. The molecule has 0 fully saturated rings. The summed E-state index contributed by atoms with van der Waals surface area (Å²) in [5, 5.41) is 3.29. The van der Waals surface area contributed by atoms with E-state index >= 15 is 0 Å². The van der Waals surface area contributed by atoms with Crippen LogP contribution < -0.4 is 5.32 Å². The molecular formula is C14H15N3S. The fraction of sp³-hybridized carbons (Fsp3) is 0.286. The molecule has 2 heterocycles. The fourth-order valence-electron chi connectivity index (χ4n) is 2.02. The minimum Gasteiger partial charge on any atom is -0.307 e. The van der Waals surface area contributed by atoms with Crippen LogP contribution in [0.2, 0.25) is 0 Å². The predicted molar refractivity (Wildman–Crippen MR) is 73.3 cm³/mol. The Labute approximate surface area is 111 Å². The van der Waals surface area contributed by atoms with Crippen molar-refractivity contribution in [1.82, 2.24) is 15.3 Å². The molecule has 0 atom stereocenters. The third-order valence-corrected chi connectivity index (χ3v) is 3.96. The lowest BCUT2D eigenvalue weighted by Crippen LogP contribution is -2.01. The Morgan fingerprint density at radius 3 is 3.17 bits per heavy atom. The van der Waals surface area contributed by atoms with Crippen LogP contribution >= 0.6 is 11.8 Å². The van der Waals surface area contributed by atoms with Gasteiger partial charge in [-0.3, -0.25) is 0 Å². The highest BCUT2D eigenvalue weighted by Gasteiger charge is 2.12. The summed E-state index contributed by atoms with van der Waals surface area (Å²) in [5.74, 6) is 1.75. The summed E-state index contributed by atoms with van der Waals surface area (Å²) in [5.41, 5.74) is 3.68. The highest BCUT2D eigenvalue weighted by atomic mass is 32.2. The number of thioether (sulfide) groups is 1. The second kappa shape index (κ2) is 5.08. The summed E-state index contributed by atoms with van der Waals surface area (Å²) in [7, 11) is 0. The summed E-state index contributed by atoms with van der Waals surface area (Å²) < 4.78 is 0. The van der Waals surface area contributed by atoms with E-state index in [1.807, 2.05) is 6.20 Å². The number of hydrogen-bond donors (Lipinski definition) is 1. The van der Waals surface area contributed by atoms with E-state index in [0.29, 0.717) is 0 Å². The first-order valence-electron chi connectivity index (χ1n) is 6.05. The number of nitrogens with one attached hydrogen (secondary N) is 1. The number of nitrogens with zero attached hydrogens (tertiary/aromatic N) is 2. The Kier molecular flexibility index (Phi) is 3.30. The van der Waals surface area contributed by atoms with Gasteiger partial charge >= 0.3 is 0 Å². The summed E-state index contributed by atoms with van der Waals surface area (Å²) in [6.07, 6.45) is 1.95. The number of aromatic nitrogens is 2. The average Bonchev–Trinajstić information content (AvgIpc) is 2.84. The zero-order chi connectivity index (χ0) is 12.4. The molecule has 1 aliphatic heterocycles. The fourth-order valence-corrected chi connectivity index (χ4v) is 2.90. The minimum atomic E-state index is 0.830. The Morgan fingerprint density at radius 2 is 2.28 bits per heavy atom. The van der Waals surface area contributed by atoms with E-state index in [1.54, 1.807) is 11.8 Å². The Bertz CT molecular complexity index is 569. The molecule has 4 heteroatoms. The molecule has 92 valence electrons. The molecule has 1 aromatic carbocycles. The molecule has 3 nitrogen and oxygen atoms in total. The number of aryl methyl sites for hydroxylation is 1. The van der Waals surface area contributed by atoms with Gasteiger partial charge in [-0.05, 0) is 19.1 Å². The Hall–Kier alpha value is -1.39. The van der Waals surface area contributed by atoms with E-state index in [4.69, 9.17) is 0 Å². The van der Waals surface area contributed by atoms with Crippen molar-refractivity contribution >= 4 is 11.8 Å². The van der Waals surface area contributed by atoms with Crippen molar-refractivity contribution in [1.29, 1.82) is 0 Å². The van der Waals surface area contributed by atoms with E-state index in [1.165, 1.54) is 16.0 Å². The number of hydrogen-bond acceptors (Lipinski definition) is 4. The predicted octanol–water partition coefficient (Wildman–Crippen LogP) is 2.68. The van der Waals surface area contributed by atoms with E-state index in [0.717, 1.165) is 30.4 Å². The van der Waals surface area contributed by atoms with Crippen LogP contribution in [0.4, 0.5) is 0 Å². The van der Waals surface area contributed by atoms with Crippen molar-refractivity contribution in [3.05, 3.63) is 53.1 Å². The second-order valence-corrected chi connectivity index (χ2v) is 5.52. The molecule has 1 N–H and O–H groups in total. The molecule has 0 saturated carbocycles. The zero-order valence-corrected chi connectivity index (χ0v) is 11.1. The molecule has 0 aliphatic carbocycles. The van der Waals surface area contributed by atoms with Gasteiger partial charge in [-0.2, -0.15) is 0 Å². The van der Waals surface area contributed by atoms with Crippen LogP contribution in [0.3, 0.4) is 0 Å². The quantitative estimate of drug-likeness (QED) is 0.858. The largest absolute Gasteiger partial charge is 0.307 e. The highest BCUT2D eigenvalue weighted by Crippen LogP contribution is 2.22. The first-order valence-corrected chi connectivity index (χ1v) is 7.04.